The second kappa shape index (κ2) is 12.4. The molecule has 1 unspecified atom stereocenters. The molecule has 3 amide bonds. The van der Waals surface area contributed by atoms with E-state index in [1.54, 1.807) is 29.7 Å². The lowest BCUT2D eigenvalue weighted by atomic mass is 10.0. The number of aromatic nitrogens is 1. The van der Waals surface area contributed by atoms with Crippen molar-refractivity contribution in [1.82, 2.24) is 14.0 Å². The molecule has 0 bridgehead atoms. The van der Waals surface area contributed by atoms with Gasteiger partial charge in [0.2, 0.25) is 15.9 Å². The Kier molecular flexibility index (Phi) is 9.23. The second-order valence-electron chi connectivity index (χ2n) is 8.77. The highest BCUT2D eigenvalue weighted by atomic mass is 35.5. The molecule has 1 aromatic carbocycles. The van der Waals surface area contributed by atoms with Crippen molar-refractivity contribution >= 4 is 73.9 Å². The van der Waals surface area contributed by atoms with Crippen molar-refractivity contribution in [1.29, 1.82) is 0 Å². The SMILES string of the molecule is C=CC(=O)Nc1cccc(S(=O)(=O)N2CCC(NC(=O)c3nscc3NC(=O)C3=C(Cl)C=CCC3Cl)CC2)c1. The van der Waals surface area contributed by atoms with E-state index < -0.39 is 33.1 Å². The first-order valence-electron chi connectivity index (χ1n) is 11.9. The molecule has 1 fully saturated rings. The number of halogens is 2. The van der Waals surface area contributed by atoms with Crippen LogP contribution in [0.25, 0.3) is 0 Å². The Morgan fingerprint density at radius 3 is 2.59 bits per heavy atom. The van der Waals surface area contributed by atoms with E-state index in [1.165, 1.54) is 16.4 Å². The van der Waals surface area contributed by atoms with Gasteiger partial charge in [-0.05, 0) is 61.1 Å². The Hall–Kier alpha value is -3.03. The molecule has 1 aliphatic carbocycles. The van der Waals surface area contributed by atoms with Gasteiger partial charge in [0.15, 0.2) is 5.69 Å². The maximum absolute atomic E-state index is 13.2. The molecule has 0 saturated carbocycles. The number of nitrogens with zero attached hydrogens (tertiary/aromatic N) is 2. The van der Waals surface area contributed by atoms with Gasteiger partial charge in [-0.1, -0.05) is 30.3 Å². The normalized spacial score (nSPS) is 18.5. The van der Waals surface area contributed by atoms with Crippen LogP contribution in [0.5, 0.6) is 0 Å². The van der Waals surface area contributed by atoms with Gasteiger partial charge < -0.3 is 16.0 Å². The molecule has 4 rings (SSSR count). The maximum Gasteiger partial charge on any atom is 0.273 e. The van der Waals surface area contributed by atoms with E-state index in [1.807, 2.05) is 0 Å². The van der Waals surface area contributed by atoms with Crippen LogP contribution < -0.4 is 16.0 Å². The first-order chi connectivity index (χ1) is 18.6. The van der Waals surface area contributed by atoms with Crippen molar-refractivity contribution in [2.45, 2.75) is 35.6 Å². The monoisotopic (exact) mass is 609 g/mol. The molecule has 0 radical (unpaired) electrons. The number of allylic oxidation sites excluding steroid dienone is 3. The number of amides is 3. The minimum atomic E-state index is -3.81. The summed E-state index contributed by atoms with van der Waals surface area (Å²) < 4.78 is 31.8. The molecule has 1 saturated heterocycles. The highest BCUT2D eigenvalue weighted by Crippen LogP contribution is 2.29. The minimum absolute atomic E-state index is 0.0518. The van der Waals surface area contributed by atoms with E-state index in [4.69, 9.17) is 23.2 Å². The summed E-state index contributed by atoms with van der Waals surface area (Å²) in [7, 11) is -3.81. The van der Waals surface area contributed by atoms with Gasteiger partial charge in [0, 0.05) is 30.2 Å². The van der Waals surface area contributed by atoms with Gasteiger partial charge in [0.1, 0.15) is 0 Å². The number of hydrogen-bond acceptors (Lipinski definition) is 7. The van der Waals surface area contributed by atoms with Crippen LogP contribution in [0.2, 0.25) is 0 Å². The number of sulfonamides is 1. The van der Waals surface area contributed by atoms with Gasteiger partial charge in [0.25, 0.3) is 11.8 Å². The van der Waals surface area contributed by atoms with E-state index in [9.17, 15) is 22.8 Å². The standard InChI is InChI=1S/C25H25Cl2N5O5S2/c1-2-21(33)28-16-5-3-6-17(13-16)39(36,37)32-11-9-15(10-12-32)29-25(35)23-20(14-38-31-23)30-24(34)22-18(26)7-4-8-19(22)27/h2-7,13-15,19H,1,8-12H2,(H,28,33)(H,29,35)(H,30,34). The van der Waals surface area contributed by atoms with Crippen molar-refractivity contribution in [3.8, 4) is 0 Å². The summed E-state index contributed by atoms with van der Waals surface area (Å²) in [6.45, 7) is 3.76. The summed E-state index contributed by atoms with van der Waals surface area (Å²) in [5.74, 6) is -1.44. The Morgan fingerprint density at radius 1 is 1.15 bits per heavy atom. The summed E-state index contributed by atoms with van der Waals surface area (Å²) in [6, 6.07) is 5.70. The third-order valence-electron chi connectivity index (χ3n) is 6.17. The number of piperidine rings is 1. The van der Waals surface area contributed by atoms with E-state index in [0.29, 0.717) is 24.9 Å². The number of rotatable bonds is 8. The molecular weight excluding hydrogens is 585 g/mol. The van der Waals surface area contributed by atoms with Crippen LogP contribution in [0.1, 0.15) is 29.8 Å². The second-order valence-corrected chi connectivity index (χ2v) is 12.3. The van der Waals surface area contributed by atoms with E-state index in [2.05, 4.69) is 26.9 Å². The molecule has 2 aromatic rings. The summed E-state index contributed by atoms with van der Waals surface area (Å²) in [5.41, 5.74) is 0.854. The van der Waals surface area contributed by atoms with Crippen LogP contribution in [-0.4, -0.2) is 59.3 Å². The number of carbonyl (C=O) groups is 3. The molecule has 14 heteroatoms. The smallest absolute Gasteiger partial charge is 0.273 e. The molecule has 3 N–H and O–H groups in total. The first kappa shape index (κ1) is 29.0. The lowest BCUT2D eigenvalue weighted by Gasteiger charge is -2.31. The third-order valence-corrected chi connectivity index (χ3v) is 9.42. The lowest BCUT2D eigenvalue weighted by molar-refractivity contribution is -0.113. The summed E-state index contributed by atoms with van der Waals surface area (Å²) in [4.78, 5) is 37.4. The molecule has 2 heterocycles. The fraction of sp³-hybridized carbons (Fsp3) is 0.280. The van der Waals surface area contributed by atoms with Gasteiger partial charge >= 0.3 is 0 Å². The van der Waals surface area contributed by atoms with E-state index >= 15 is 0 Å². The number of benzene rings is 1. The number of nitrogens with one attached hydrogen (secondary N) is 3. The molecule has 1 aliphatic heterocycles. The Morgan fingerprint density at radius 2 is 1.90 bits per heavy atom. The Bertz CT molecular complexity index is 1460. The van der Waals surface area contributed by atoms with Gasteiger partial charge in [-0.2, -0.15) is 8.68 Å². The highest BCUT2D eigenvalue weighted by Gasteiger charge is 2.31. The third kappa shape index (κ3) is 6.76. The van der Waals surface area contributed by atoms with E-state index in [0.717, 1.165) is 17.6 Å². The van der Waals surface area contributed by atoms with Crippen LogP contribution in [-0.2, 0) is 19.6 Å². The predicted octanol–water partition coefficient (Wildman–Crippen LogP) is 3.85. The lowest BCUT2D eigenvalue weighted by Crippen LogP contribution is -2.46. The quantitative estimate of drug-likeness (QED) is 0.307. The molecule has 39 heavy (non-hydrogen) atoms. The fourth-order valence-corrected chi connectivity index (χ4v) is 6.96. The van der Waals surface area contributed by atoms with Crippen molar-refractivity contribution < 1.29 is 22.8 Å². The fourth-order valence-electron chi connectivity index (χ4n) is 4.15. The van der Waals surface area contributed by atoms with Crippen molar-refractivity contribution in [2.24, 2.45) is 0 Å². The highest BCUT2D eigenvalue weighted by molar-refractivity contribution is 7.89. The predicted molar refractivity (Wildman–Crippen MR) is 152 cm³/mol. The summed E-state index contributed by atoms with van der Waals surface area (Å²) in [6.07, 6.45) is 5.71. The van der Waals surface area contributed by atoms with Crippen molar-refractivity contribution in [3.05, 3.63) is 70.8 Å². The van der Waals surface area contributed by atoms with E-state index in [-0.39, 0.29) is 46.0 Å². The van der Waals surface area contributed by atoms with Crippen molar-refractivity contribution in [2.75, 3.05) is 23.7 Å². The average molecular weight is 611 g/mol. The van der Waals surface area contributed by atoms with Crippen LogP contribution in [0.3, 0.4) is 0 Å². The molecule has 0 spiro atoms. The zero-order valence-corrected chi connectivity index (χ0v) is 23.7. The van der Waals surface area contributed by atoms with Gasteiger partial charge in [-0.3, -0.25) is 14.4 Å². The van der Waals surface area contributed by atoms with Crippen LogP contribution in [0.4, 0.5) is 11.4 Å². The van der Waals surface area contributed by atoms with Gasteiger partial charge in [0.05, 0.1) is 26.6 Å². The average Bonchev–Trinajstić information content (AvgIpc) is 3.37. The molecule has 1 aromatic heterocycles. The van der Waals surface area contributed by atoms with Gasteiger partial charge in [-0.15, -0.1) is 11.6 Å². The molecule has 10 nitrogen and oxygen atoms in total. The minimum Gasteiger partial charge on any atom is -0.348 e. The zero-order valence-electron chi connectivity index (χ0n) is 20.5. The van der Waals surface area contributed by atoms with Crippen LogP contribution in [0.15, 0.2) is 70.0 Å². The van der Waals surface area contributed by atoms with Gasteiger partial charge in [-0.25, -0.2) is 8.42 Å². The van der Waals surface area contributed by atoms with Crippen molar-refractivity contribution in [3.63, 3.8) is 0 Å². The topological polar surface area (TPSA) is 138 Å². The number of anilines is 2. The number of hydrogen-bond donors (Lipinski definition) is 3. The number of carbonyl (C=O) groups excluding carboxylic acids is 3. The maximum atomic E-state index is 13.2. The molecule has 206 valence electrons. The number of alkyl halides is 1. The largest absolute Gasteiger partial charge is 0.348 e. The molecule has 2 aliphatic rings. The Balaban J connectivity index is 1.36. The summed E-state index contributed by atoms with van der Waals surface area (Å²) >= 11 is 13.4. The molecular formula is C25H25Cl2N5O5S2. The van der Waals surface area contributed by atoms with Crippen LogP contribution in [0, 0.1) is 0 Å². The Labute approximate surface area is 240 Å². The van der Waals surface area contributed by atoms with Crippen LogP contribution >= 0.6 is 34.7 Å². The summed E-state index contributed by atoms with van der Waals surface area (Å²) in [5, 5.41) is 9.31. The zero-order chi connectivity index (χ0) is 28.2. The molecule has 1 atom stereocenters. The first-order valence-corrected chi connectivity index (χ1v) is 15.0.